The lowest BCUT2D eigenvalue weighted by molar-refractivity contribution is -0.152. The molecule has 2 amide bonds. The van der Waals surface area contributed by atoms with Gasteiger partial charge in [0.2, 0.25) is 5.91 Å². The van der Waals surface area contributed by atoms with Crippen LogP contribution in [0.1, 0.15) is 38.5 Å². The van der Waals surface area contributed by atoms with E-state index in [0.29, 0.717) is 28.5 Å². The fourth-order valence-corrected chi connectivity index (χ4v) is 5.78. The highest BCUT2D eigenvalue weighted by Crippen LogP contribution is 2.60. The minimum absolute atomic E-state index is 0.0193. The molecule has 1 aromatic carbocycles. The number of benzene rings is 1. The first kappa shape index (κ1) is 19.2. The van der Waals surface area contributed by atoms with Crippen LogP contribution >= 0.6 is 11.6 Å². The molecule has 0 spiro atoms. The minimum atomic E-state index is -0.607. The number of halogens is 1. The van der Waals surface area contributed by atoms with Gasteiger partial charge in [0.1, 0.15) is 6.54 Å². The van der Waals surface area contributed by atoms with Crippen molar-refractivity contribution in [2.75, 3.05) is 18.5 Å². The van der Waals surface area contributed by atoms with Crippen molar-refractivity contribution < 1.29 is 19.1 Å². The number of hydrogen-bond acceptors (Lipinski definition) is 4. The summed E-state index contributed by atoms with van der Waals surface area (Å²) < 4.78 is 4.98. The van der Waals surface area contributed by atoms with Crippen molar-refractivity contribution in [3.05, 3.63) is 29.3 Å². The smallest absolute Gasteiger partial charge is 0.325 e. The van der Waals surface area contributed by atoms with E-state index in [0.717, 1.165) is 19.3 Å². The van der Waals surface area contributed by atoms with Crippen molar-refractivity contribution in [2.45, 2.75) is 38.5 Å². The zero-order valence-corrected chi connectivity index (χ0v) is 16.5. The van der Waals surface area contributed by atoms with E-state index in [1.807, 2.05) is 0 Å². The molecule has 2 N–H and O–H groups in total. The first-order valence-electron chi connectivity index (χ1n) is 9.91. The van der Waals surface area contributed by atoms with E-state index in [1.165, 1.54) is 19.3 Å². The van der Waals surface area contributed by atoms with E-state index in [-0.39, 0.29) is 17.9 Å². The van der Waals surface area contributed by atoms with Gasteiger partial charge in [-0.2, -0.15) is 0 Å². The predicted molar refractivity (Wildman–Crippen MR) is 105 cm³/mol. The SMILES string of the molecule is O=C(COC(=O)CNC(=O)C12CC3CC(CC(C3)C1)C2)Nc1ccc(Cl)cc1. The average molecular weight is 405 g/mol. The fourth-order valence-electron chi connectivity index (χ4n) is 5.66. The Balaban J connectivity index is 1.21. The van der Waals surface area contributed by atoms with Crippen LogP contribution in [0, 0.1) is 23.2 Å². The Morgan fingerprint density at radius 1 is 1.00 bits per heavy atom. The summed E-state index contributed by atoms with van der Waals surface area (Å²) in [4.78, 5) is 36.6. The highest BCUT2D eigenvalue weighted by molar-refractivity contribution is 6.30. The van der Waals surface area contributed by atoms with E-state index in [2.05, 4.69) is 10.6 Å². The third kappa shape index (κ3) is 4.17. The van der Waals surface area contributed by atoms with Crippen LogP contribution in [-0.4, -0.2) is 30.9 Å². The van der Waals surface area contributed by atoms with Gasteiger partial charge in [-0.1, -0.05) is 11.6 Å². The molecule has 0 atom stereocenters. The number of amides is 2. The molecule has 4 aliphatic rings. The van der Waals surface area contributed by atoms with Gasteiger partial charge in [-0.15, -0.1) is 0 Å². The second kappa shape index (κ2) is 7.74. The van der Waals surface area contributed by atoms with Gasteiger partial charge in [-0.3, -0.25) is 14.4 Å². The molecule has 4 bridgehead atoms. The number of hydrogen-bond donors (Lipinski definition) is 2. The molecule has 5 rings (SSSR count). The Labute approximate surface area is 169 Å². The molecule has 150 valence electrons. The summed E-state index contributed by atoms with van der Waals surface area (Å²) in [5.74, 6) is 0.933. The van der Waals surface area contributed by atoms with Crippen molar-refractivity contribution >= 4 is 35.1 Å². The number of esters is 1. The molecule has 0 aromatic heterocycles. The topological polar surface area (TPSA) is 84.5 Å². The Morgan fingerprint density at radius 3 is 2.14 bits per heavy atom. The van der Waals surface area contributed by atoms with Gasteiger partial charge in [-0.25, -0.2) is 0 Å². The standard InChI is InChI=1S/C21H25ClN2O4/c22-16-1-3-17(4-2-16)24-18(25)12-28-19(26)11-23-20(27)21-8-13-5-14(9-21)7-15(6-13)10-21/h1-4,13-15H,5-12H2,(H,23,27)(H,24,25). The number of anilines is 1. The molecular formula is C21H25ClN2O4. The number of carbonyl (C=O) groups is 3. The average Bonchev–Trinajstić information content (AvgIpc) is 2.65. The van der Waals surface area contributed by atoms with Gasteiger partial charge in [-0.05, 0) is 80.5 Å². The van der Waals surface area contributed by atoms with Crippen molar-refractivity contribution in [1.29, 1.82) is 0 Å². The van der Waals surface area contributed by atoms with Crippen LogP contribution in [0.25, 0.3) is 0 Å². The van der Waals surface area contributed by atoms with E-state index in [1.54, 1.807) is 24.3 Å². The second-order valence-electron chi connectivity index (χ2n) is 8.60. The van der Waals surface area contributed by atoms with Crippen LogP contribution in [0.5, 0.6) is 0 Å². The molecule has 4 aliphatic carbocycles. The molecule has 1 aromatic rings. The summed E-state index contributed by atoms with van der Waals surface area (Å²) >= 11 is 5.79. The minimum Gasteiger partial charge on any atom is -0.454 e. The first-order chi connectivity index (χ1) is 13.4. The van der Waals surface area contributed by atoms with Crippen LogP contribution in [-0.2, 0) is 19.1 Å². The lowest BCUT2D eigenvalue weighted by atomic mass is 9.49. The number of rotatable bonds is 6. The highest BCUT2D eigenvalue weighted by Gasteiger charge is 2.54. The van der Waals surface area contributed by atoms with Gasteiger partial charge in [0.05, 0.1) is 0 Å². The van der Waals surface area contributed by atoms with Gasteiger partial charge in [0, 0.05) is 16.1 Å². The molecule has 28 heavy (non-hydrogen) atoms. The quantitative estimate of drug-likeness (QED) is 0.713. The monoisotopic (exact) mass is 404 g/mol. The van der Waals surface area contributed by atoms with E-state index >= 15 is 0 Å². The summed E-state index contributed by atoms with van der Waals surface area (Å²) in [5.41, 5.74) is 0.279. The molecule has 6 nitrogen and oxygen atoms in total. The van der Waals surface area contributed by atoms with Gasteiger partial charge in [0.15, 0.2) is 6.61 Å². The molecule has 7 heteroatoms. The molecule has 0 saturated heterocycles. The van der Waals surface area contributed by atoms with E-state index in [9.17, 15) is 14.4 Å². The summed E-state index contributed by atoms with van der Waals surface area (Å²) in [6.45, 7) is -0.594. The number of ether oxygens (including phenoxy) is 1. The van der Waals surface area contributed by atoms with Gasteiger partial charge < -0.3 is 15.4 Å². The molecular weight excluding hydrogens is 380 g/mol. The fraction of sp³-hybridized carbons (Fsp3) is 0.571. The number of carbonyl (C=O) groups excluding carboxylic acids is 3. The van der Waals surface area contributed by atoms with Gasteiger partial charge in [0.25, 0.3) is 5.91 Å². The van der Waals surface area contributed by atoms with Crippen molar-refractivity contribution in [1.82, 2.24) is 5.32 Å². The van der Waals surface area contributed by atoms with Crippen molar-refractivity contribution in [3.63, 3.8) is 0 Å². The molecule has 4 saturated carbocycles. The second-order valence-corrected chi connectivity index (χ2v) is 9.03. The molecule has 0 unspecified atom stereocenters. The highest BCUT2D eigenvalue weighted by atomic mass is 35.5. The third-order valence-electron chi connectivity index (χ3n) is 6.41. The molecule has 0 aliphatic heterocycles. The largest absolute Gasteiger partial charge is 0.454 e. The molecule has 4 fully saturated rings. The molecule has 0 heterocycles. The lowest BCUT2D eigenvalue weighted by Gasteiger charge is -2.55. The van der Waals surface area contributed by atoms with E-state index in [4.69, 9.17) is 16.3 Å². The van der Waals surface area contributed by atoms with E-state index < -0.39 is 18.5 Å². The van der Waals surface area contributed by atoms with Crippen LogP contribution in [0.3, 0.4) is 0 Å². The zero-order valence-electron chi connectivity index (χ0n) is 15.7. The maximum Gasteiger partial charge on any atom is 0.325 e. The Bertz CT molecular complexity index is 742. The summed E-state index contributed by atoms with van der Waals surface area (Å²) in [7, 11) is 0. The maximum atomic E-state index is 12.8. The van der Waals surface area contributed by atoms with Gasteiger partial charge >= 0.3 is 5.97 Å². The summed E-state index contributed by atoms with van der Waals surface area (Å²) in [6, 6.07) is 6.63. The Kier molecular flexibility index (Phi) is 5.32. The maximum absolute atomic E-state index is 12.8. The third-order valence-corrected chi connectivity index (χ3v) is 6.66. The van der Waals surface area contributed by atoms with Crippen LogP contribution in [0.4, 0.5) is 5.69 Å². The van der Waals surface area contributed by atoms with Crippen LogP contribution < -0.4 is 10.6 Å². The van der Waals surface area contributed by atoms with Crippen LogP contribution in [0.15, 0.2) is 24.3 Å². The predicted octanol–water partition coefficient (Wildman–Crippen LogP) is 3.15. The van der Waals surface area contributed by atoms with Crippen molar-refractivity contribution in [3.8, 4) is 0 Å². The Morgan fingerprint density at radius 2 is 1.57 bits per heavy atom. The zero-order chi connectivity index (χ0) is 19.7. The Hall–Kier alpha value is -2.08. The lowest BCUT2D eigenvalue weighted by Crippen LogP contribution is -2.54. The first-order valence-corrected chi connectivity index (χ1v) is 10.3. The summed E-state index contributed by atoms with van der Waals surface area (Å²) in [6.07, 6.45) is 6.63. The summed E-state index contributed by atoms with van der Waals surface area (Å²) in [5, 5.41) is 5.94. The molecule has 0 radical (unpaired) electrons. The van der Waals surface area contributed by atoms with Crippen LogP contribution in [0.2, 0.25) is 5.02 Å². The van der Waals surface area contributed by atoms with Crippen molar-refractivity contribution in [2.24, 2.45) is 23.2 Å². The normalized spacial score (nSPS) is 30.0. The number of nitrogens with one attached hydrogen (secondary N) is 2.